The number of nitrogens with zero attached hydrogens (tertiary/aromatic N) is 2. The van der Waals surface area contributed by atoms with Gasteiger partial charge in [-0.25, -0.2) is 14.0 Å². The Morgan fingerprint density at radius 1 is 1.20 bits per heavy atom. The van der Waals surface area contributed by atoms with Crippen molar-refractivity contribution in [3.8, 4) is 0 Å². The molecule has 1 aliphatic heterocycles. The van der Waals surface area contributed by atoms with Gasteiger partial charge in [0.05, 0.1) is 13.7 Å². The predicted octanol–water partition coefficient (Wildman–Crippen LogP) is 1.95. The molecule has 1 heterocycles. The van der Waals surface area contributed by atoms with Gasteiger partial charge < -0.3 is 14.4 Å². The Morgan fingerprint density at radius 3 is 2.32 bits per heavy atom. The van der Waals surface area contributed by atoms with Crippen LogP contribution < -0.4 is 4.90 Å². The van der Waals surface area contributed by atoms with Crippen LogP contribution in [0.3, 0.4) is 0 Å². The molecule has 136 valence electrons. The molecule has 0 bridgehead atoms. The van der Waals surface area contributed by atoms with E-state index in [0.29, 0.717) is 5.69 Å². The lowest BCUT2D eigenvalue weighted by atomic mass is 10.1. The molecule has 1 aliphatic rings. The van der Waals surface area contributed by atoms with E-state index in [1.165, 1.54) is 36.3 Å². The molecule has 1 atom stereocenters. The molecule has 0 spiro atoms. The first kappa shape index (κ1) is 18.7. The van der Waals surface area contributed by atoms with Crippen LogP contribution in [0.4, 0.5) is 14.9 Å². The molecule has 1 fully saturated rings. The third kappa shape index (κ3) is 4.46. The van der Waals surface area contributed by atoms with Gasteiger partial charge in [-0.2, -0.15) is 0 Å². The van der Waals surface area contributed by atoms with Gasteiger partial charge in [0.1, 0.15) is 18.0 Å². The summed E-state index contributed by atoms with van der Waals surface area (Å²) < 4.78 is 23.1. The Balaban J connectivity index is 2.27. The van der Waals surface area contributed by atoms with Crippen LogP contribution in [-0.4, -0.2) is 54.7 Å². The van der Waals surface area contributed by atoms with Crippen LogP contribution in [0.5, 0.6) is 0 Å². The van der Waals surface area contributed by atoms with E-state index in [-0.39, 0.29) is 13.1 Å². The number of halogens is 1. The lowest BCUT2D eigenvalue weighted by Gasteiger charge is -2.39. The zero-order valence-corrected chi connectivity index (χ0v) is 14.6. The highest BCUT2D eigenvalue weighted by Gasteiger charge is 2.42. The molecular formula is C17H21FN2O5. The number of benzene rings is 1. The first-order valence-electron chi connectivity index (χ1n) is 7.76. The Hall–Kier alpha value is -2.64. The smallest absolute Gasteiger partial charge is 0.411 e. The molecule has 2 rings (SSSR count). The van der Waals surface area contributed by atoms with Crippen LogP contribution in [0.25, 0.3) is 0 Å². The first-order chi connectivity index (χ1) is 11.6. The highest BCUT2D eigenvalue weighted by Crippen LogP contribution is 2.23. The van der Waals surface area contributed by atoms with Gasteiger partial charge in [0, 0.05) is 5.69 Å². The maximum absolute atomic E-state index is 13.1. The van der Waals surface area contributed by atoms with Gasteiger partial charge >= 0.3 is 12.1 Å². The average Bonchev–Trinajstić information content (AvgIpc) is 2.53. The molecule has 25 heavy (non-hydrogen) atoms. The first-order valence-corrected chi connectivity index (χ1v) is 7.76. The van der Waals surface area contributed by atoms with Crippen molar-refractivity contribution >= 4 is 23.7 Å². The predicted molar refractivity (Wildman–Crippen MR) is 87.5 cm³/mol. The van der Waals surface area contributed by atoms with Crippen LogP contribution in [0.2, 0.25) is 0 Å². The molecule has 0 radical (unpaired) electrons. The number of hydrogen-bond acceptors (Lipinski definition) is 5. The molecule has 1 aromatic rings. The molecule has 8 heteroatoms. The Bertz CT molecular complexity index is 669. The van der Waals surface area contributed by atoms with E-state index in [1.54, 1.807) is 20.8 Å². The molecule has 2 amide bonds. The maximum atomic E-state index is 13.1. The normalized spacial score (nSPS) is 18.1. The number of methoxy groups -OCH3 is 1. The summed E-state index contributed by atoms with van der Waals surface area (Å²) in [5.41, 5.74) is -0.335. The number of anilines is 1. The monoisotopic (exact) mass is 352 g/mol. The number of esters is 1. The second-order valence-corrected chi connectivity index (χ2v) is 6.63. The van der Waals surface area contributed by atoms with Crippen LogP contribution in [0, 0.1) is 5.82 Å². The Kier molecular flexibility index (Phi) is 5.30. The van der Waals surface area contributed by atoms with Gasteiger partial charge in [-0.05, 0) is 45.0 Å². The number of rotatable bonds is 2. The summed E-state index contributed by atoms with van der Waals surface area (Å²) in [5, 5.41) is 0. The number of carbonyl (C=O) groups excluding carboxylic acids is 3. The van der Waals surface area contributed by atoms with Crippen LogP contribution >= 0.6 is 0 Å². The van der Waals surface area contributed by atoms with E-state index in [0.717, 1.165) is 4.90 Å². The van der Waals surface area contributed by atoms with Crippen LogP contribution in [-0.2, 0) is 19.1 Å². The fourth-order valence-electron chi connectivity index (χ4n) is 2.44. The summed E-state index contributed by atoms with van der Waals surface area (Å²) in [5.74, 6) is -1.50. The van der Waals surface area contributed by atoms with E-state index in [2.05, 4.69) is 0 Å². The van der Waals surface area contributed by atoms with Crippen molar-refractivity contribution in [1.82, 2.24) is 4.90 Å². The lowest BCUT2D eigenvalue weighted by Crippen LogP contribution is -2.61. The topological polar surface area (TPSA) is 76.2 Å². The summed E-state index contributed by atoms with van der Waals surface area (Å²) in [6.45, 7) is 4.63. The summed E-state index contributed by atoms with van der Waals surface area (Å²) in [6, 6.07) is 4.30. The minimum atomic E-state index is -1.01. The summed E-state index contributed by atoms with van der Waals surface area (Å²) in [7, 11) is 1.20. The standard InChI is InChI=1S/C17H21FN2O5/c1-17(2,3)25-16(23)20-10-14(21)19(9-13(20)15(22)24-4)12-7-5-11(18)6-8-12/h5-8,13H,9-10H2,1-4H3. The number of piperazine rings is 1. The Labute approximate surface area is 145 Å². The van der Waals surface area contributed by atoms with Crippen molar-refractivity contribution in [2.75, 3.05) is 25.1 Å². The minimum Gasteiger partial charge on any atom is -0.467 e. The van der Waals surface area contributed by atoms with Crippen molar-refractivity contribution in [3.63, 3.8) is 0 Å². The Morgan fingerprint density at radius 2 is 1.80 bits per heavy atom. The number of ether oxygens (including phenoxy) is 2. The quantitative estimate of drug-likeness (QED) is 0.761. The molecule has 0 saturated carbocycles. The number of hydrogen-bond donors (Lipinski definition) is 0. The van der Waals surface area contributed by atoms with E-state index in [4.69, 9.17) is 9.47 Å². The molecule has 0 aliphatic carbocycles. The lowest BCUT2D eigenvalue weighted by molar-refractivity contribution is -0.148. The third-order valence-electron chi connectivity index (χ3n) is 3.58. The summed E-state index contributed by atoms with van der Waals surface area (Å²) in [4.78, 5) is 39.3. The molecule has 1 unspecified atom stereocenters. The average molecular weight is 352 g/mol. The van der Waals surface area contributed by atoms with Crippen LogP contribution in [0.1, 0.15) is 20.8 Å². The summed E-state index contributed by atoms with van der Waals surface area (Å²) in [6.07, 6.45) is -0.769. The van der Waals surface area contributed by atoms with Crippen molar-refractivity contribution in [3.05, 3.63) is 30.1 Å². The van der Waals surface area contributed by atoms with Crippen molar-refractivity contribution in [2.24, 2.45) is 0 Å². The molecule has 1 aromatic carbocycles. The molecule has 7 nitrogen and oxygen atoms in total. The van der Waals surface area contributed by atoms with E-state index in [1.807, 2.05) is 0 Å². The summed E-state index contributed by atoms with van der Waals surface area (Å²) >= 11 is 0. The van der Waals surface area contributed by atoms with Gasteiger partial charge in [0.15, 0.2) is 6.04 Å². The van der Waals surface area contributed by atoms with Crippen LogP contribution in [0.15, 0.2) is 24.3 Å². The SMILES string of the molecule is COC(=O)C1CN(c2ccc(F)cc2)C(=O)CN1C(=O)OC(C)(C)C. The number of carbonyl (C=O) groups is 3. The van der Waals surface area contributed by atoms with E-state index < -0.39 is 35.4 Å². The third-order valence-corrected chi connectivity index (χ3v) is 3.58. The maximum Gasteiger partial charge on any atom is 0.411 e. The zero-order chi connectivity index (χ0) is 18.8. The van der Waals surface area contributed by atoms with Gasteiger partial charge in [-0.15, -0.1) is 0 Å². The minimum absolute atomic E-state index is 0.101. The van der Waals surface area contributed by atoms with E-state index in [9.17, 15) is 18.8 Å². The highest BCUT2D eigenvalue weighted by atomic mass is 19.1. The van der Waals surface area contributed by atoms with Crippen molar-refractivity contribution < 1.29 is 28.2 Å². The van der Waals surface area contributed by atoms with Gasteiger partial charge in [0.25, 0.3) is 0 Å². The second-order valence-electron chi connectivity index (χ2n) is 6.63. The molecule has 1 saturated heterocycles. The van der Waals surface area contributed by atoms with Gasteiger partial charge in [0.2, 0.25) is 5.91 Å². The second kappa shape index (κ2) is 7.08. The zero-order valence-electron chi connectivity index (χ0n) is 14.6. The number of amides is 2. The van der Waals surface area contributed by atoms with Gasteiger partial charge in [-0.1, -0.05) is 0 Å². The highest BCUT2D eigenvalue weighted by molar-refractivity contribution is 6.00. The fraction of sp³-hybridized carbons (Fsp3) is 0.471. The molecule has 0 N–H and O–H groups in total. The van der Waals surface area contributed by atoms with Crippen molar-refractivity contribution in [2.45, 2.75) is 32.4 Å². The largest absolute Gasteiger partial charge is 0.467 e. The molecular weight excluding hydrogens is 331 g/mol. The van der Waals surface area contributed by atoms with Crippen molar-refractivity contribution in [1.29, 1.82) is 0 Å². The van der Waals surface area contributed by atoms with Gasteiger partial charge in [-0.3, -0.25) is 9.69 Å². The van der Waals surface area contributed by atoms with E-state index >= 15 is 0 Å². The molecule has 0 aromatic heterocycles. The fourth-order valence-corrected chi connectivity index (χ4v) is 2.44.